The Hall–Kier alpha value is -0.810. The lowest BCUT2D eigenvalue weighted by Crippen LogP contribution is -2.46. The summed E-state index contributed by atoms with van der Waals surface area (Å²) in [5.41, 5.74) is -0.282. The van der Waals surface area contributed by atoms with Crippen molar-refractivity contribution in [2.45, 2.75) is 40.5 Å². The minimum atomic E-state index is -0.457. The Kier molecular flexibility index (Phi) is 7.52. The predicted octanol–water partition coefficient (Wildman–Crippen LogP) is 1.08. The Morgan fingerprint density at radius 1 is 1.15 bits per heavy atom. The molecule has 1 aliphatic heterocycles. The van der Waals surface area contributed by atoms with Crippen LogP contribution in [0.2, 0.25) is 0 Å². The van der Waals surface area contributed by atoms with Crippen LogP contribution in [0.25, 0.3) is 0 Å². The molecule has 1 rings (SSSR count). The summed E-state index contributed by atoms with van der Waals surface area (Å²) >= 11 is 0. The van der Waals surface area contributed by atoms with Gasteiger partial charge in [-0.2, -0.15) is 0 Å². The summed E-state index contributed by atoms with van der Waals surface area (Å²) in [7, 11) is 0. The van der Waals surface area contributed by atoms with Gasteiger partial charge in [0.15, 0.2) is 0 Å². The van der Waals surface area contributed by atoms with Crippen LogP contribution in [-0.2, 0) is 9.59 Å². The number of rotatable bonds is 4. The molecule has 118 valence electrons. The van der Waals surface area contributed by atoms with E-state index in [4.69, 9.17) is 0 Å². The number of hydrogen-bond donors (Lipinski definition) is 3. The highest BCUT2D eigenvalue weighted by atomic mass is 35.5. The second-order valence-corrected chi connectivity index (χ2v) is 6.77. The van der Waals surface area contributed by atoms with Crippen molar-refractivity contribution < 1.29 is 9.59 Å². The molecule has 6 heteroatoms. The van der Waals surface area contributed by atoms with Crippen LogP contribution in [0.3, 0.4) is 0 Å². The number of piperidine rings is 1. The molecule has 0 saturated carbocycles. The molecule has 1 fully saturated rings. The SMILES string of the molecule is CC1(CNC(=O)CNC(=O)C(C)(C)C)CCNCC1.Cl. The van der Waals surface area contributed by atoms with E-state index in [0.29, 0.717) is 6.54 Å². The Morgan fingerprint density at radius 3 is 2.20 bits per heavy atom. The number of amides is 2. The highest BCUT2D eigenvalue weighted by Crippen LogP contribution is 2.26. The van der Waals surface area contributed by atoms with Crippen LogP contribution in [0.4, 0.5) is 0 Å². The van der Waals surface area contributed by atoms with Crippen LogP contribution in [-0.4, -0.2) is 38.0 Å². The first-order valence-electron chi connectivity index (χ1n) is 6.99. The van der Waals surface area contributed by atoms with E-state index in [0.717, 1.165) is 25.9 Å². The first-order valence-corrected chi connectivity index (χ1v) is 6.99. The van der Waals surface area contributed by atoms with E-state index >= 15 is 0 Å². The largest absolute Gasteiger partial charge is 0.354 e. The van der Waals surface area contributed by atoms with Crippen LogP contribution >= 0.6 is 12.4 Å². The fraction of sp³-hybridized carbons (Fsp3) is 0.857. The molecule has 0 aromatic rings. The van der Waals surface area contributed by atoms with Gasteiger partial charge in [0.2, 0.25) is 11.8 Å². The maximum atomic E-state index is 11.7. The fourth-order valence-electron chi connectivity index (χ4n) is 2.01. The third-order valence-corrected chi connectivity index (χ3v) is 3.61. The number of halogens is 1. The maximum absolute atomic E-state index is 11.7. The average Bonchev–Trinajstić information content (AvgIpc) is 2.33. The van der Waals surface area contributed by atoms with E-state index < -0.39 is 5.41 Å². The number of carbonyl (C=O) groups excluding carboxylic acids is 2. The van der Waals surface area contributed by atoms with Gasteiger partial charge in [0.25, 0.3) is 0 Å². The van der Waals surface area contributed by atoms with Crippen molar-refractivity contribution in [1.29, 1.82) is 0 Å². The monoisotopic (exact) mass is 305 g/mol. The van der Waals surface area contributed by atoms with Gasteiger partial charge in [-0.15, -0.1) is 12.4 Å². The zero-order valence-electron chi connectivity index (χ0n) is 13.0. The van der Waals surface area contributed by atoms with Crippen molar-refractivity contribution in [3.05, 3.63) is 0 Å². The molecular weight excluding hydrogens is 278 g/mol. The molecule has 0 bridgehead atoms. The molecular formula is C14H28ClN3O2. The number of carbonyl (C=O) groups is 2. The highest BCUT2D eigenvalue weighted by Gasteiger charge is 2.27. The van der Waals surface area contributed by atoms with E-state index in [1.807, 2.05) is 20.8 Å². The molecule has 1 aliphatic rings. The van der Waals surface area contributed by atoms with Gasteiger partial charge in [0.05, 0.1) is 6.54 Å². The van der Waals surface area contributed by atoms with E-state index in [2.05, 4.69) is 22.9 Å². The summed E-state index contributed by atoms with van der Waals surface area (Å²) in [5.74, 6) is -0.215. The quantitative estimate of drug-likeness (QED) is 0.728. The Morgan fingerprint density at radius 2 is 1.70 bits per heavy atom. The smallest absolute Gasteiger partial charge is 0.239 e. The van der Waals surface area contributed by atoms with Crippen molar-refractivity contribution in [3.63, 3.8) is 0 Å². The first-order chi connectivity index (χ1) is 8.73. The van der Waals surface area contributed by atoms with Gasteiger partial charge in [-0.05, 0) is 31.3 Å². The van der Waals surface area contributed by atoms with Crippen molar-refractivity contribution in [2.24, 2.45) is 10.8 Å². The number of nitrogens with one attached hydrogen (secondary N) is 3. The minimum absolute atomic E-state index is 0. The minimum Gasteiger partial charge on any atom is -0.354 e. The van der Waals surface area contributed by atoms with Gasteiger partial charge < -0.3 is 16.0 Å². The molecule has 0 atom stereocenters. The van der Waals surface area contributed by atoms with Gasteiger partial charge in [-0.1, -0.05) is 27.7 Å². The molecule has 0 aromatic carbocycles. The summed E-state index contributed by atoms with van der Waals surface area (Å²) in [5, 5.41) is 8.89. The van der Waals surface area contributed by atoms with Crippen LogP contribution in [0.5, 0.6) is 0 Å². The van der Waals surface area contributed by atoms with Crippen molar-refractivity contribution in [1.82, 2.24) is 16.0 Å². The third kappa shape index (κ3) is 6.57. The molecule has 0 unspecified atom stereocenters. The molecule has 2 amide bonds. The molecule has 20 heavy (non-hydrogen) atoms. The van der Waals surface area contributed by atoms with Crippen LogP contribution in [0, 0.1) is 10.8 Å². The van der Waals surface area contributed by atoms with Crippen LogP contribution in [0.1, 0.15) is 40.5 Å². The van der Waals surface area contributed by atoms with Crippen molar-refractivity contribution in [2.75, 3.05) is 26.2 Å². The second kappa shape index (κ2) is 7.84. The normalized spacial score (nSPS) is 17.8. The predicted molar refractivity (Wildman–Crippen MR) is 82.9 cm³/mol. The van der Waals surface area contributed by atoms with E-state index in [-0.39, 0.29) is 36.2 Å². The van der Waals surface area contributed by atoms with E-state index in [9.17, 15) is 9.59 Å². The molecule has 5 nitrogen and oxygen atoms in total. The topological polar surface area (TPSA) is 70.2 Å². The molecule has 1 heterocycles. The first kappa shape index (κ1) is 19.2. The van der Waals surface area contributed by atoms with Gasteiger partial charge in [-0.3, -0.25) is 9.59 Å². The molecule has 0 aliphatic carbocycles. The lowest BCUT2D eigenvalue weighted by Gasteiger charge is -2.34. The van der Waals surface area contributed by atoms with Gasteiger partial charge in [0, 0.05) is 12.0 Å². The lowest BCUT2D eigenvalue weighted by atomic mass is 9.81. The summed E-state index contributed by atoms with van der Waals surface area (Å²) in [4.78, 5) is 23.4. The second-order valence-electron chi connectivity index (χ2n) is 6.77. The fourth-order valence-corrected chi connectivity index (χ4v) is 2.01. The molecule has 1 saturated heterocycles. The molecule has 0 spiro atoms. The standard InChI is InChI=1S/C14H27N3O2.ClH/c1-13(2,3)12(19)16-9-11(18)17-10-14(4)5-7-15-8-6-14;/h15H,5-10H2,1-4H3,(H,16,19)(H,17,18);1H. The van der Waals surface area contributed by atoms with E-state index in [1.165, 1.54) is 0 Å². The molecule has 0 aromatic heterocycles. The molecule has 0 radical (unpaired) electrons. The zero-order chi connectivity index (χ0) is 14.5. The average molecular weight is 306 g/mol. The number of hydrogen-bond acceptors (Lipinski definition) is 3. The van der Waals surface area contributed by atoms with E-state index in [1.54, 1.807) is 0 Å². The summed E-state index contributed by atoms with van der Waals surface area (Å²) in [6.45, 7) is 10.4. The highest BCUT2D eigenvalue weighted by molar-refractivity contribution is 5.87. The van der Waals surface area contributed by atoms with Gasteiger partial charge in [0.1, 0.15) is 0 Å². The summed E-state index contributed by atoms with van der Waals surface area (Å²) < 4.78 is 0. The van der Waals surface area contributed by atoms with Crippen LogP contribution in [0.15, 0.2) is 0 Å². The van der Waals surface area contributed by atoms with Gasteiger partial charge >= 0.3 is 0 Å². The molecule has 3 N–H and O–H groups in total. The third-order valence-electron chi connectivity index (χ3n) is 3.61. The van der Waals surface area contributed by atoms with Crippen LogP contribution < -0.4 is 16.0 Å². The summed E-state index contributed by atoms with van der Waals surface area (Å²) in [6.07, 6.45) is 2.14. The Balaban J connectivity index is 0.00000361. The summed E-state index contributed by atoms with van der Waals surface area (Å²) in [6, 6.07) is 0. The Labute approximate surface area is 128 Å². The maximum Gasteiger partial charge on any atom is 0.239 e. The Bertz CT molecular complexity index is 334. The zero-order valence-corrected chi connectivity index (χ0v) is 13.8. The lowest BCUT2D eigenvalue weighted by molar-refractivity contribution is -0.131. The van der Waals surface area contributed by atoms with Crippen molar-refractivity contribution >= 4 is 24.2 Å². The van der Waals surface area contributed by atoms with Crippen molar-refractivity contribution in [3.8, 4) is 0 Å². The van der Waals surface area contributed by atoms with Gasteiger partial charge in [-0.25, -0.2) is 0 Å².